The lowest BCUT2D eigenvalue weighted by Crippen LogP contribution is -2.11. The number of hydrogen-bond acceptors (Lipinski definition) is 2. The molecular weight excluding hydrogens is 547 g/mol. The number of benzene rings is 8. The van der Waals surface area contributed by atoms with Crippen molar-refractivity contribution in [3.63, 3.8) is 0 Å². The molecule has 0 aliphatic rings. The molecule has 0 atom stereocenters. The van der Waals surface area contributed by atoms with Gasteiger partial charge in [0.1, 0.15) is 19.3 Å². The third kappa shape index (κ3) is 4.04. The minimum absolute atomic E-state index is 0.123. The highest BCUT2D eigenvalue weighted by Crippen LogP contribution is 2.49. The molecule has 3 heteroatoms. The lowest BCUT2D eigenvalue weighted by molar-refractivity contribution is 0.453. The van der Waals surface area contributed by atoms with Crippen molar-refractivity contribution in [2.24, 2.45) is 0 Å². The van der Waals surface area contributed by atoms with Gasteiger partial charge in [-0.3, -0.25) is 0 Å². The van der Waals surface area contributed by atoms with Crippen LogP contribution < -0.4 is 5.46 Å². The lowest BCUT2D eigenvalue weighted by Gasteiger charge is -2.21. The molecule has 0 heterocycles. The zero-order chi connectivity index (χ0) is 30.8. The molecule has 0 radical (unpaired) electrons. The fourth-order valence-electron chi connectivity index (χ4n) is 7.21. The van der Waals surface area contributed by atoms with Crippen molar-refractivity contribution in [2.45, 2.75) is 13.8 Å². The smallest absolute Gasteiger partial charge is 0.144 e. The van der Waals surface area contributed by atoms with E-state index >= 15 is 0 Å². The van der Waals surface area contributed by atoms with E-state index in [4.69, 9.17) is 0 Å². The number of phenolic OH excluding ortho intramolecular Hbond substituents is 2. The van der Waals surface area contributed by atoms with Gasteiger partial charge in [0.25, 0.3) is 0 Å². The van der Waals surface area contributed by atoms with E-state index in [0.717, 1.165) is 54.8 Å². The van der Waals surface area contributed by atoms with Crippen molar-refractivity contribution in [1.82, 2.24) is 0 Å². The molecule has 0 aliphatic heterocycles. The maximum atomic E-state index is 11.4. The van der Waals surface area contributed by atoms with E-state index in [0.29, 0.717) is 5.56 Å². The van der Waals surface area contributed by atoms with Gasteiger partial charge in [0.15, 0.2) is 0 Å². The van der Waals surface area contributed by atoms with E-state index in [-0.39, 0.29) is 11.5 Å². The van der Waals surface area contributed by atoms with Gasteiger partial charge in [-0.2, -0.15) is 0 Å². The lowest BCUT2D eigenvalue weighted by atomic mass is 9.81. The summed E-state index contributed by atoms with van der Waals surface area (Å²) in [5.41, 5.74) is 8.37. The maximum absolute atomic E-state index is 11.4. The predicted octanol–water partition coefficient (Wildman–Crippen LogP) is 9.59. The Morgan fingerprint density at radius 3 is 1.49 bits per heavy atom. The Hall–Kier alpha value is -5.54. The molecule has 8 aromatic rings. The van der Waals surface area contributed by atoms with Gasteiger partial charge in [0.2, 0.25) is 0 Å². The Labute approximate surface area is 263 Å². The van der Waals surface area contributed by atoms with Crippen LogP contribution in [0.5, 0.6) is 11.5 Å². The highest BCUT2D eigenvalue weighted by molar-refractivity contribution is 6.36. The first-order valence-corrected chi connectivity index (χ1v) is 15.4. The predicted molar refractivity (Wildman–Crippen MR) is 194 cm³/mol. The van der Waals surface area contributed by atoms with Crippen molar-refractivity contribution in [3.05, 3.63) is 139 Å². The van der Waals surface area contributed by atoms with Gasteiger partial charge < -0.3 is 10.2 Å². The molecule has 0 fully saturated rings. The minimum Gasteiger partial charge on any atom is -0.508 e. The number of fused-ring (bicyclic) bond motifs is 4. The van der Waals surface area contributed by atoms with Crippen LogP contribution in [0, 0.1) is 13.8 Å². The van der Waals surface area contributed by atoms with E-state index in [1.165, 1.54) is 32.7 Å². The molecular formula is C42H31BO2. The van der Waals surface area contributed by atoms with Gasteiger partial charge in [0, 0.05) is 0 Å². The van der Waals surface area contributed by atoms with Crippen LogP contribution in [0.2, 0.25) is 0 Å². The molecule has 2 nitrogen and oxygen atoms in total. The minimum atomic E-state index is 0.123. The van der Waals surface area contributed by atoms with Crippen LogP contribution in [0.15, 0.2) is 127 Å². The van der Waals surface area contributed by atoms with E-state index in [2.05, 4.69) is 121 Å². The molecule has 8 aromatic carbocycles. The second kappa shape index (κ2) is 10.3. The Bertz CT molecular complexity index is 2400. The Kier molecular flexibility index (Phi) is 6.18. The highest BCUT2D eigenvalue weighted by atomic mass is 16.3. The van der Waals surface area contributed by atoms with Crippen molar-refractivity contribution < 1.29 is 10.2 Å². The molecule has 0 saturated carbocycles. The molecule has 2 N–H and O–H groups in total. The molecule has 214 valence electrons. The fraction of sp³-hybridized carbons (Fsp3) is 0.0476. The van der Waals surface area contributed by atoms with Gasteiger partial charge >= 0.3 is 0 Å². The Balaban J connectivity index is 1.54. The van der Waals surface area contributed by atoms with E-state index in [1.807, 2.05) is 27.8 Å². The van der Waals surface area contributed by atoms with E-state index in [9.17, 15) is 10.2 Å². The molecule has 0 unspecified atom stereocenters. The monoisotopic (exact) mass is 578 g/mol. The zero-order valence-electron chi connectivity index (χ0n) is 25.5. The van der Waals surface area contributed by atoms with Gasteiger partial charge in [-0.25, -0.2) is 0 Å². The van der Waals surface area contributed by atoms with Gasteiger partial charge in [-0.05, 0) is 113 Å². The summed E-state index contributed by atoms with van der Waals surface area (Å²) in [6.07, 6.45) is 0. The average molecular weight is 579 g/mol. The summed E-state index contributed by atoms with van der Waals surface area (Å²) >= 11 is 0. The van der Waals surface area contributed by atoms with Crippen molar-refractivity contribution in [2.75, 3.05) is 0 Å². The number of aromatic hydroxyl groups is 2. The largest absolute Gasteiger partial charge is 0.508 e. The first-order chi connectivity index (χ1) is 21.9. The number of rotatable bonds is 3. The summed E-state index contributed by atoms with van der Waals surface area (Å²) < 4.78 is 0. The first-order valence-electron chi connectivity index (χ1n) is 15.4. The van der Waals surface area contributed by atoms with Gasteiger partial charge in [0.05, 0.1) is 5.56 Å². The molecule has 0 bridgehead atoms. The third-order valence-corrected chi connectivity index (χ3v) is 9.72. The van der Waals surface area contributed by atoms with Crippen LogP contribution >= 0.6 is 0 Å². The second-order valence-corrected chi connectivity index (χ2v) is 12.1. The van der Waals surface area contributed by atoms with Gasteiger partial charge in [-0.1, -0.05) is 115 Å². The highest BCUT2D eigenvalue weighted by Gasteiger charge is 2.22. The second-order valence-electron chi connectivity index (χ2n) is 12.1. The van der Waals surface area contributed by atoms with Crippen molar-refractivity contribution in [3.8, 4) is 44.9 Å². The molecule has 0 saturated heterocycles. The van der Waals surface area contributed by atoms with Crippen LogP contribution in [0.3, 0.4) is 0 Å². The van der Waals surface area contributed by atoms with Crippen LogP contribution in [-0.2, 0) is 0 Å². The van der Waals surface area contributed by atoms with Crippen molar-refractivity contribution >= 4 is 56.4 Å². The number of phenols is 2. The van der Waals surface area contributed by atoms with Crippen molar-refractivity contribution in [1.29, 1.82) is 0 Å². The Morgan fingerprint density at radius 1 is 0.422 bits per heavy atom. The third-order valence-electron chi connectivity index (χ3n) is 9.72. The molecule has 8 rings (SSSR count). The molecule has 0 aliphatic carbocycles. The summed E-state index contributed by atoms with van der Waals surface area (Å²) in [4.78, 5) is 0. The Morgan fingerprint density at radius 2 is 0.889 bits per heavy atom. The molecule has 45 heavy (non-hydrogen) atoms. The zero-order valence-corrected chi connectivity index (χ0v) is 25.5. The summed E-state index contributed by atoms with van der Waals surface area (Å²) in [6, 6.07) is 45.2. The summed E-state index contributed by atoms with van der Waals surface area (Å²) in [5.74, 6) is 0.246. The summed E-state index contributed by atoms with van der Waals surface area (Å²) in [6.45, 7) is 3.85. The fourth-order valence-corrected chi connectivity index (χ4v) is 7.21. The van der Waals surface area contributed by atoms with E-state index in [1.54, 1.807) is 0 Å². The first kappa shape index (κ1) is 27.0. The standard InChI is InChI=1S/C42H31BO2/c1-24-25(2)41(44)37(42(45)40(24)43)28-22-27-13-4-6-16-30(27)36(23-28)39-34-19-9-7-17-32(34)38(33-18-8-10-20-35(33)39)31-21-11-14-26-12-3-5-15-29(26)31/h3-23,44-45H,43H2,1-2H3. The van der Waals surface area contributed by atoms with E-state index < -0.39 is 0 Å². The maximum Gasteiger partial charge on any atom is 0.144 e. The quantitative estimate of drug-likeness (QED) is 0.162. The van der Waals surface area contributed by atoms with Crippen LogP contribution in [0.4, 0.5) is 0 Å². The molecule has 0 spiro atoms. The van der Waals surface area contributed by atoms with Gasteiger partial charge in [-0.15, -0.1) is 0 Å². The average Bonchev–Trinajstić information content (AvgIpc) is 3.08. The topological polar surface area (TPSA) is 40.5 Å². The number of hydrogen-bond donors (Lipinski definition) is 2. The molecule has 0 amide bonds. The molecule has 0 aromatic heterocycles. The SMILES string of the molecule is Bc1c(C)c(C)c(O)c(-c2cc(-c3c4ccccc4c(-c4cccc5ccccc45)c4ccccc34)c3ccccc3c2)c1O. The van der Waals surface area contributed by atoms with Crippen LogP contribution in [0.25, 0.3) is 76.5 Å². The van der Waals surface area contributed by atoms with Crippen LogP contribution in [-0.4, -0.2) is 18.1 Å². The normalized spacial score (nSPS) is 11.6. The van der Waals surface area contributed by atoms with Crippen LogP contribution in [0.1, 0.15) is 11.1 Å². The summed E-state index contributed by atoms with van der Waals surface area (Å²) in [5, 5.41) is 32.1. The summed E-state index contributed by atoms with van der Waals surface area (Å²) in [7, 11) is 1.91.